The Kier molecular flexibility index (Phi) is 3.45. The maximum absolute atomic E-state index is 13.1. The molecule has 1 aliphatic carbocycles. The lowest BCUT2D eigenvalue weighted by molar-refractivity contribution is -0.367. The van der Waals surface area contributed by atoms with Gasteiger partial charge in [0.15, 0.2) is 0 Å². The minimum absolute atomic E-state index is 0.272. The van der Waals surface area contributed by atoms with Gasteiger partial charge in [0.05, 0.1) is 0 Å². The van der Waals surface area contributed by atoms with E-state index in [2.05, 4.69) is 0 Å². The Balaban J connectivity index is 2.90. The fourth-order valence-corrected chi connectivity index (χ4v) is 1.91. The number of halogens is 7. The standard InChI is InChI=1S/C9H11F7/c10-7(11,6-4-2-1-3-5-6)8(12,13)9(14,15)16/h6H,1-5H2. The van der Waals surface area contributed by atoms with Crippen LogP contribution in [0, 0.1) is 5.92 Å². The van der Waals surface area contributed by atoms with Crippen molar-refractivity contribution in [3.8, 4) is 0 Å². The molecule has 1 rings (SSSR count). The largest absolute Gasteiger partial charge is 0.459 e. The van der Waals surface area contributed by atoms with Gasteiger partial charge >= 0.3 is 18.0 Å². The Labute approximate surface area is 87.8 Å². The highest BCUT2D eigenvalue weighted by atomic mass is 19.4. The lowest BCUT2D eigenvalue weighted by Gasteiger charge is -2.35. The first-order chi connectivity index (χ1) is 7.11. The summed E-state index contributed by atoms with van der Waals surface area (Å²) in [6.45, 7) is 0. The second-order valence-electron chi connectivity index (χ2n) is 4.03. The number of rotatable bonds is 2. The van der Waals surface area contributed by atoms with E-state index in [0.29, 0.717) is 6.42 Å². The van der Waals surface area contributed by atoms with Crippen molar-refractivity contribution >= 4 is 0 Å². The molecule has 0 bridgehead atoms. The SMILES string of the molecule is FC(F)(F)C(F)(F)C(F)(F)C1CCCCC1. The van der Waals surface area contributed by atoms with E-state index >= 15 is 0 Å². The van der Waals surface area contributed by atoms with Crippen molar-refractivity contribution in [2.45, 2.75) is 50.1 Å². The first-order valence-corrected chi connectivity index (χ1v) is 4.93. The fraction of sp³-hybridized carbons (Fsp3) is 1.00. The van der Waals surface area contributed by atoms with Gasteiger partial charge in [-0.2, -0.15) is 30.7 Å². The molecule has 0 unspecified atom stereocenters. The van der Waals surface area contributed by atoms with Crippen LogP contribution < -0.4 is 0 Å². The third-order valence-corrected chi connectivity index (χ3v) is 2.89. The van der Waals surface area contributed by atoms with Gasteiger partial charge in [0.25, 0.3) is 0 Å². The number of hydrogen-bond donors (Lipinski definition) is 0. The predicted molar refractivity (Wildman–Crippen MR) is 42.5 cm³/mol. The van der Waals surface area contributed by atoms with Crippen molar-refractivity contribution in [1.82, 2.24) is 0 Å². The van der Waals surface area contributed by atoms with E-state index in [4.69, 9.17) is 0 Å². The average Bonchev–Trinajstić information content (AvgIpc) is 2.17. The van der Waals surface area contributed by atoms with Crippen LogP contribution in [-0.4, -0.2) is 18.0 Å². The molecule has 0 spiro atoms. The van der Waals surface area contributed by atoms with Gasteiger partial charge in [-0.1, -0.05) is 19.3 Å². The molecule has 0 aliphatic heterocycles. The molecule has 1 saturated carbocycles. The van der Waals surface area contributed by atoms with Gasteiger partial charge in [0, 0.05) is 5.92 Å². The quantitative estimate of drug-likeness (QED) is 0.639. The van der Waals surface area contributed by atoms with Crippen LogP contribution in [0.25, 0.3) is 0 Å². The Morgan fingerprint density at radius 3 is 1.50 bits per heavy atom. The molecule has 1 aliphatic rings. The average molecular weight is 252 g/mol. The third-order valence-electron chi connectivity index (χ3n) is 2.89. The molecular formula is C9H11F7. The normalized spacial score (nSPS) is 21.2. The maximum atomic E-state index is 13.1. The predicted octanol–water partition coefficient (Wildman–Crippen LogP) is 4.40. The highest BCUT2D eigenvalue weighted by Gasteiger charge is 2.74. The first-order valence-electron chi connectivity index (χ1n) is 4.93. The van der Waals surface area contributed by atoms with Crippen LogP contribution in [0.5, 0.6) is 0 Å². The van der Waals surface area contributed by atoms with E-state index in [9.17, 15) is 30.7 Å². The summed E-state index contributed by atoms with van der Waals surface area (Å²) in [6.07, 6.45) is -5.61. The van der Waals surface area contributed by atoms with E-state index in [-0.39, 0.29) is 25.7 Å². The molecular weight excluding hydrogens is 241 g/mol. The first kappa shape index (κ1) is 13.6. The Morgan fingerprint density at radius 2 is 1.12 bits per heavy atom. The van der Waals surface area contributed by atoms with Crippen molar-refractivity contribution in [3.63, 3.8) is 0 Å². The lowest BCUT2D eigenvalue weighted by atomic mass is 9.82. The summed E-state index contributed by atoms with van der Waals surface area (Å²) in [7, 11) is 0. The van der Waals surface area contributed by atoms with Gasteiger partial charge in [-0.05, 0) is 12.8 Å². The summed E-state index contributed by atoms with van der Waals surface area (Å²) in [4.78, 5) is 0. The zero-order valence-corrected chi connectivity index (χ0v) is 8.26. The highest BCUT2D eigenvalue weighted by Crippen LogP contribution is 2.52. The summed E-state index contributed by atoms with van der Waals surface area (Å²) in [5, 5.41) is 0. The monoisotopic (exact) mass is 252 g/mol. The second kappa shape index (κ2) is 4.07. The van der Waals surface area contributed by atoms with Crippen molar-refractivity contribution in [3.05, 3.63) is 0 Å². The molecule has 0 N–H and O–H groups in total. The molecule has 16 heavy (non-hydrogen) atoms. The molecule has 0 aromatic heterocycles. The Morgan fingerprint density at radius 1 is 0.688 bits per heavy atom. The van der Waals surface area contributed by atoms with E-state index in [1.807, 2.05) is 0 Å². The van der Waals surface area contributed by atoms with E-state index in [0.717, 1.165) is 0 Å². The molecule has 7 heteroatoms. The molecule has 0 aromatic carbocycles. The van der Waals surface area contributed by atoms with Crippen molar-refractivity contribution in [2.24, 2.45) is 5.92 Å². The van der Waals surface area contributed by atoms with Crippen LogP contribution in [0.4, 0.5) is 30.7 Å². The van der Waals surface area contributed by atoms with E-state index < -0.39 is 23.9 Å². The van der Waals surface area contributed by atoms with Gasteiger partial charge in [-0.3, -0.25) is 0 Å². The summed E-state index contributed by atoms with van der Waals surface area (Å²) in [6, 6.07) is 0. The van der Waals surface area contributed by atoms with Crippen LogP contribution in [-0.2, 0) is 0 Å². The van der Waals surface area contributed by atoms with Crippen molar-refractivity contribution < 1.29 is 30.7 Å². The topological polar surface area (TPSA) is 0 Å². The van der Waals surface area contributed by atoms with Crippen LogP contribution >= 0.6 is 0 Å². The molecule has 0 atom stereocenters. The minimum atomic E-state index is -6.20. The molecule has 0 radical (unpaired) electrons. The van der Waals surface area contributed by atoms with Gasteiger partial charge in [-0.25, -0.2) is 0 Å². The van der Waals surface area contributed by atoms with Gasteiger partial charge in [0.1, 0.15) is 0 Å². The van der Waals surface area contributed by atoms with Crippen LogP contribution in [0.15, 0.2) is 0 Å². The fourth-order valence-electron chi connectivity index (χ4n) is 1.91. The van der Waals surface area contributed by atoms with Gasteiger partial charge in [-0.15, -0.1) is 0 Å². The summed E-state index contributed by atoms with van der Waals surface area (Å²) in [5.74, 6) is -12.8. The highest BCUT2D eigenvalue weighted by molar-refractivity contribution is 4.96. The second-order valence-corrected chi connectivity index (χ2v) is 4.03. The minimum Gasteiger partial charge on any atom is -0.199 e. The number of hydrogen-bond acceptors (Lipinski definition) is 0. The number of alkyl halides is 7. The molecule has 0 aromatic rings. The Bertz CT molecular complexity index is 237. The summed E-state index contributed by atoms with van der Waals surface area (Å²) in [5.41, 5.74) is 0. The van der Waals surface area contributed by atoms with Crippen LogP contribution in [0.1, 0.15) is 32.1 Å². The van der Waals surface area contributed by atoms with Gasteiger partial charge in [0.2, 0.25) is 0 Å². The van der Waals surface area contributed by atoms with Crippen molar-refractivity contribution in [1.29, 1.82) is 0 Å². The lowest BCUT2D eigenvalue weighted by Crippen LogP contribution is -2.55. The molecule has 0 saturated heterocycles. The Hall–Kier alpha value is -0.490. The molecule has 0 nitrogen and oxygen atoms in total. The summed E-state index contributed by atoms with van der Waals surface area (Å²) < 4.78 is 87.0. The van der Waals surface area contributed by atoms with Gasteiger partial charge < -0.3 is 0 Å². The molecule has 0 heterocycles. The van der Waals surface area contributed by atoms with E-state index in [1.54, 1.807) is 0 Å². The zero-order valence-electron chi connectivity index (χ0n) is 8.26. The van der Waals surface area contributed by atoms with Crippen LogP contribution in [0.3, 0.4) is 0 Å². The summed E-state index contributed by atoms with van der Waals surface area (Å²) >= 11 is 0. The van der Waals surface area contributed by atoms with E-state index in [1.165, 1.54) is 0 Å². The third kappa shape index (κ3) is 2.13. The van der Waals surface area contributed by atoms with Crippen molar-refractivity contribution in [2.75, 3.05) is 0 Å². The smallest absolute Gasteiger partial charge is 0.199 e. The molecule has 1 fully saturated rings. The zero-order chi connectivity index (χ0) is 12.6. The maximum Gasteiger partial charge on any atom is 0.459 e. The molecule has 96 valence electrons. The molecule has 0 amide bonds. The van der Waals surface area contributed by atoms with Crippen LogP contribution in [0.2, 0.25) is 0 Å².